The number of hydrogen-bond acceptors (Lipinski definition) is 3. The van der Waals surface area contributed by atoms with Gasteiger partial charge in [0, 0.05) is 11.7 Å². The molecule has 2 heterocycles. The van der Waals surface area contributed by atoms with Gasteiger partial charge in [0.25, 0.3) is 0 Å². The largest absolute Gasteiger partial charge is 0.399 e. The zero-order valence-corrected chi connectivity index (χ0v) is 9.91. The molecule has 0 aliphatic carbocycles. The quantitative estimate of drug-likeness (QED) is 0.770. The van der Waals surface area contributed by atoms with Crippen molar-refractivity contribution in [2.45, 2.75) is 18.9 Å². The summed E-state index contributed by atoms with van der Waals surface area (Å²) in [4.78, 5) is 4.43. The first kappa shape index (κ1) is 10.0. The second kappa shape index (κ2) is 4.01. The minimum absolute atomic E-state index is 0.620. The number of thioether (sulfide) groups is 1. The standard InChI is InChI=1S/C12H15N3S/c13-9-1-2-12-11(7-9)14-8-15(12)10-3-5-16-6-4-10/h1-2,7-8,10H,3-6,13H2. The van der Waals surface area contributed by atoms with Crippen LogP contribution in [0.25, 0.3) is 11.0 Å². The third-order valence-corrected chi connectivity index (χ3v) is 4.23. The van der Waals surface area contributed by atoms with Crippen molar-refractivity contribution in [1.29, 1.82) is 0 Å². The molecule has 3 rings (SSSR count). The highest BCUT2D eigenvalue weighted by molar-refractivity contribution is 7.99. The lowest BCUT2D eigenvalue weighted by Gasteiger charge is -2.23. The van der Waals surface area contributed by atoms with Gasteiger partial charge in [0.2, 0.25) is 0 Å². The van der Waals surface area contributed by atoms with Gasteiger partial charge in [-0.3, -0.25) is 0 Å². The fourth-order valence-electron chi connectivity index (χ4n) is 2.30. The SMILES string of the molecule is Nc1ccc2c(c1)ncn2C1CCSCC1. The summed E-state index contributed by atoms with van der Waals surface area (Å²) >= 11 is 2.05. The van der Waals surface area contributed by atoms with Gasteiger partial charge in [-0.2, -0.15) is 11.8 Å². The minimum atomic E-state index is 0.620. The Kier molecular flexibility index (Phi) is 2.52. The monoisotopic (exact) mass is 233 g/mol. The van der Waals surface area contributed by atoms with Crippen LogP contribution in [0.4, 0.5) is 5.69 Å². The topological polar surface area (TPSA) is 43.8 Å². The van der Waals surface area contributed by atoms with Gasteiger partial charge in [0.05, 0.1) is 17.4 Å². The molecular formula is C12H15N3S. The van der Waals surface area contributed by atoms with E-state index in [2.05, 4.69) is 27.4 Å². The van der Waals surface area contributed by atoms with Gasteiger partial charge in [-0.25, -0.2) is 4.98 Å². The van der Waals surface area contributed by atoms with Gasteiger partial charge in [-0.05, 0) is 42.5 Å². The first-order valence-electron chi connectivity index (χ1n) is 5.64. The van der Waals surface area contributed by atoms with Crippen LogP contribution in [0.1, 0.15) is 18.9 Å². The number of nitrogen functional groups attached to an aromatic ring is 1. The van der Waals surface area contributed by atoms with Crippen LogP contribution in [0.5, 0.6) is 0 Å². The molecule has 1 aliphatic rings. The number of fused-ring (bicyclic) bond motifs is 1. The van der Waals surface area contributed by atoms with Crippen molar-refractivity contribution < 1.29 is 0 Å². The summed E-state index contributed by atoms with van der Waals surface area (Å²) in [6, 6.07) is 6.61. The Morgan fingerprint density at radius 1 is 1.31 bits per heavy atom. The summed E-state index contributed by atoms with van der Waals surface area (Å²) in [5, 5.41) is 0. The third-order valence-electron chi connectivity index (χ3n) is 3.18. The van der Waals surface area contributed by atoms with Crippen LogP contribution in [0.3, 0.4) is 0 Å². The summed E-state index contributed by atoms with van der Waals surface area (Å²) < 4.78 is 2.31. The summed E-state index contributed by atoms with van der Waals surface area (Å²) in [7, 11) is 0. The van der Waals surface area contributed by atoms with Crippen LogP contribution in [0.15, 0.2) is 24.5 Å². The normalized spacial score (nSPS) is 18.0. The highest BCUT2D eigenvalue weighted by Gasteiger charge is 2.17. The van der Waals surface area contributed by atoms with Gasteiger partial charge >= 0.3 is 0 Å². The summed E-state index contributed by atoms with van der Waals surface area (Å²) in [6.07, 6.45) is 4.46. The molecule has 84 valence electrons. The first-order valence-corrected chi connectivity index (χ1v) is 6.80. The zero-order chi connectivity index (χ0) is 11.0. The van der Waals surface area contributed by atoms with Crippen LogP contribution in [-0.2, 0) is 0 Å². The first-order chi connectivity index (χ1) is 7.84. The molecule has 3 nitrogen and oxygen atoms in total. The van der Waals surface area contributed by atoms with Crippen molar-refractivity contribution in [3.63, 3.8) is 0 Å². The molecule has 1 fully saturated rings. The fraction of sp³-hybridized carbons (Fsp3) is 0.417. The van der Waals surface area contributed by atoms with Crippen molar-refractivity contribution in [2.24, 2.45) is 0 Å². The molecule has 0 radical (unpaired) electrons. The summed E-state index contributed by atoms with van der Waals surface area (Å²) in [5.74, 6) is 2.53. The van der Waals surface area contributed by atoms with Gasteiger partial charge < -0.3 is 10.3 Å². The smallest absolute Gasteiger partial charge is 0.0960 e. The predicted octanol–water partition coefficient (Wildman–Crippen LogP) is 2.69. The lowest BCUT2D eigenvalue weighted by Crippen LogP contribution is -2.14. The molecule has 1 saturated heterocycles. The molecule has 0 atom stereocenters. The number of imidazole rings is 1. The maximum absolute atomic E-state index is 5.76. The number of hydrogen-bond donors (Lipinski definition) is 1. The van der Waals surface area contributed by atoms with E-state index in [1.165, 1.54) is 29.9 Å². The molecule has 1 aliphatic heterocycles. The number of benzene rings is 1. The van der Waals surface area contributed by atoms with Crippen molar-refractivity contribution in [3.05, 3.63) is 24.5 Å². The molecule has 16 heavy (non-hydrogen) atoms. The van der Waals surface area contributed by atoms with E-state index in [-0.39, 0.29) is 0 Å². The van der Waals surface area contributed by atoms with Gasteiger partial charge in [0.1, 0.15) is 0 Å². The van der Waals surface area contributed by atoms with E-state index >= 15 is 0 Å². The maximum atomic E-state index is 5.76. The molecule has 0 unspecified atom stereocenters. The number of anilines is 1. The van der Waals surface area contributed by atoms with Crippen molar-refractivity contribution >= 4 is 28.5 Å². The molecule has 2 aromatic rings. The molecule has 4 heteroatoms. The van der Waals surface area contributed by atoms with Crippen LogP contribution in [0.2, 0.25) is 0 Å². The molecule has 0 amide bonds. The van der Waals surface area contributed by atoms with Crippen LogP contribution in [0, 0.1) is 0 Å². The van der Waals surface area contributed by atoms with E-state index in [1.807, 2.05) is 18.5 Å². The highest BCUT2D eigenvalue weighted by Crippen LogP contribution is 2.30. The van der Waals surface area contributed by atoms with E-state index < -0.39 is 0 Å². The number of aromatic nitrogens is 2. The summed E-state index contributed by atoms with van der Waals surface area (Å²) in [6.45, 7) is 0. The predicted molar refractivity (Wildman–Crippen MR) is 69.7 cm³/mol. The van der Waals surface area contributed by atoms with Crippen molar-refractivity contribution in [3.8, 4) is 0 Å². The Morgan fingerprint density at radius 2 is 2.12 bits per heavy atom. The lowest BCUT2D eigenvalue weighted by molar-refractivity contribution is 0.481. The van der Waals surface area contributed by atoms with E-state index in [0.29, 0.717) is 6.04 Å². The van der Waals surface area contributed by atoms with E-state index in [0.717, 1.165) is 11.2 Å². The van der Waals surface area contributed by atoms with E-state index in [1.54, 1.807) is 0 Å². The van der Waals surface area contributed by atoms with Crippen LogP contribution < -0.4 is 5.73 Å². The average Bonchev–Trinajstić information content (AvgIpc) is 2.73. The van der Waals surface area contributed by atoms with Gasteiger partial charge in [-0.15, -0.1) is 0 Å². The lowest BCUT2D eigenvalue weighted by atomic mass is 10.1. The maximum Gasteiger partial charge on any atom is 0.0960 e. The van der Waals surface area contributed by atoms with Gasteiger partial charge in [-0.1, -0.05) is 0 Å². The van der Waals surface area contributed by atoms with Crippen molar-refractivity contribution in [2.75, 3.05) is 17.2 Å². The Labute approximate surface area is 99.0 Å². The molecule has 0 saturated carbocycles. The average molecular weight is 233 g/mol. The van der Waals surface area contributed by atoms with E-state index in [9.17, 15) is 0 Å². The molecule has 0 spiro atoms. The minimum Gasteiger partial charge on any atom is -0.399 e. The van der Waals surface area contributed by atoms with Crippen molar-refractivity contribution in [1.82, 2.24) is 9.55 Å². The molecular weight excluding hydrogens is 218 g/mol. The number of nitrogens with two attached hydrogens (primary N) is 1. The molecule has 2 N–H and O–H groups in total. The second-order valence-electron chi connectivity index (χ2n) is 4.24. The highest BCUT2D eigenvalue weighted by atomic mass is 32.2. The molecule has 1 aromatic carbocycles. The number of rotatable bonds is 1. The Hall–Kier alpha value is -1.16. The summed E-state index contributed by atoms with van der Waals surface area (Å²) in [5.41, 5.74) is 8.77. The van der Waals surface area contributed by atoms with Crippen LogP contribution >= 0.6 is 11.8 Å². The Bertz CT molecular complexity index is 500. The van der Waals surface area contributed by atoms with E-state index in [4.69, 9.17) is 5.73 Å². The van der Waals surface area contributed by atoms with Crippen LogP contribution in [-0.4, -0.2) is 21.1 Å². The number of nitrogens with zero attached hydrogens (tertiary/aromatic N) is 2. The van der Waals surface area contributed by atoms with Gasteiger partial charge in [0.15, 0.2) is 0 Å². The second-order valence-corrected chi connectivity index (χ2v) is 5.47. The fourth-order valence-corrected chi connectivity index (χ4v) is 3.38. The Morgan fingerprint density at radius 3 is 2.94 bits per heavy atom. The Balaban J connectivity index is 2.03. The molecule has 0 bridgehead atoms. The zero-order valence-electron chi connectivity index (χ0n) is 9.10. The third kappa shape index (κ3) is 1.67. The molecule has 1 aromatic heterocycles.